The molecule has 2 aromatic carbocycles. The summed E-state index contributed by atoms with van der Waals surface area (Å²) in [6, 6.07) is 14.6. The van der Waals surface area contributed by atoms with Crippen molar-refractivity contribution in [1.29, 1.82) is 0 Å². The number of fused-ring (bicyclic) bond motifs is 1. The molecule has 2 N–H and O–H groups in total. The number of hydrogen-bond acceptors (Lipinski definition) is 3. The molecule has 3 heteroatoms. The number of hydrogen-bond donors (Lipinski definition) is 1. The molecule has 0 spiro atoms. The molecule has 90 valence electrons. The highest BCUT2D eigenvalue weighted by molar-refractivity contribution is 7.21. The summed E-state index contributed by atoms with van der Waals surface area (Å²) in [6.45, 7) is 2.68. The van der Waals surface area contributed by atoms with Crippen LogP contribution in [0.1, 0.15) is 11.1 Å². The predicted octanol–water partition coefficient (Wildman–Crippen LogP) is 3.73. The smallest absolute Gasteiger partial charge is 0.124 e. The summed E-state index contributed by atoms with van der Waals surface area (Å²) in [5.74, 6) is 0. The number of thiazole rings is 1. The SMILES string of the molecule is Cc1cccc2sc(-c3ccc(CN)cc3)nc12. The van der Waals surface area contributed by atoms with Crippen LogP contribution < -0.4 is 5.73 Å². The van der Waals surface area contributed by atoms with Crippen LogP contribution in [0.5, 0.6) is 0 Å². The van der Waals surface area contributed by atoms with Gasteiger partial charge in [0.25, 0.3) is 0 Å². The Kier molecular flexibility index (Phi) is 2.86. The monoisotopic (exact) mass is 254 g/mol. The highest BCUT2D eigenvalue weighted by Gasteiger charge is 2.07. The fourth-order valence-corrected chi connectivity index (χ4v) is 3.04. The minimum atomic E-state index is 0.583. The van der Waals surface area contributed by atoms with Crippen LogP contribution in [0.3, 0.4) is 0 Å². The molecular formula is C15H14N2S. The van der Waals surface area contributed by atoms with E-state index in [-0.39, 0.29) is 0 Å². The van der Waals surface area contributed by atoms with Gasteiger partial charge in [0.15, 0.2) is 0 Å². The van der Waals surface area contributed by atoms with Crippen molar-refractivity contribution in [1.82, 2.24) is 4.98 Å². The summed E-state index contributed by atoms with van der Waals surface area (Å²) in [5.41, 5.74) is 10.3. The van der Waals surface area contributed by atoms with Gasteiger partial charge in [0.05, 0.1) is 10.2 Å². The molecule has 18 heavy (non-hydrogen) atoms. The first-order valence-electron chi connectivity index (χ1n) is 5.93. The fraction of sp³-hybridized carbons (Fsp3) is 0.133. The third-order valence-corrected chi connectivity index (χ3v) is 4.13. The van der Waals surface area contributed by atoms with Gasteiger partial charge in [-0.15, -0.1) is 11.3 Å². The van der Waals surface area contributed by atoms with Crippen LogP contribution in [-0.4, -0.2) is 4.98 Å². The van der Waals surface area contributed by atoms with E-state index >= 15 is 0 Å². The minimum absolute atomic E-state index is 0.583. The number of rotatable bonds is 2. The van der Waals surface area contributed by atoms with Gasteiger partial charge in [0, 0.05) is 12.1 Å². The maximum absolute atomic E-state index is 5.61. The van der Waals surface area contributed by atoms with Gasteiger partial charge in [-0.3, -0.25) is 0 Å². The van der Waals surface area contributed by atoms with E-state index in [0.29, 0.717) is 6.54 Å². The van der Waals surface area contributed by atoms with Crippen molar-refractivity contribution in [3.05, 3.63) is 53.6 Å². The Hall–Kier alpha value is -1.71. The molecule has 1 heterocycles. The van der Waals surface area contributed by atoms with Crippen LogP contribution in [0.15, 0.2) is 42.5 Å². The quantitative estimate of drug-likeness (QED) is 0.756. The molecule has 2 nitrogen and oxygen atoms in total. The second-order valence-corrected chi connectivity index (χ2v) is 5.37. The summed E-state index contributed by atoms with van der Waals surface area (Å²) in [4.78, 5) is 4.73. The number of nitrogens with zero attached hydrogens (tertiary/aromatic N) is 1. The third-order valence-electron chi connectivity index (χ3n) is 3.06. The van der Waals surface area contributed by atoms with Crippen molar-refractivity contribution in [2.24, 2.45) is 5.73 Å². The minimum Gasteiger partial charge on any atom is -0.326 e. The van der Waals surface area contributed by atoms with Gasteiger partial charge >= 0.3 is 0 Å². The van der Waals surface area contributed by atoms with Gasteiger partial charge in [-0.2, -0.15) is 0 Å². The maximum Gasteiger partial charge on any atom is 0.124 e. The summed E-state index contributed by atoms with van der Waals surface area (Å²) >= 11 is 1.74. The van der Waals surface area contributed by atoms with Crippen molar-refractivity contribution in [2.75, 3.05) is 0 Å². The molecule has 3 rings (SSSR count). The average Bonchev–Trinajstić information content (AvgIpc) is 2.84. The van der Waals surface area contributed by atoms with Gasteiger partial charge in [-0.05, 0) is 24.1 Å². The second kappa shape index (κ2) is 4.52. The molecule has 0 aliphatic heterocycles. The zero-order chi connectivity index (χ0) is 12.5. The van der Waals surface area contributed by atoms with Gasteiger partial charge in [0.1, 0.15) is 5.01 Å². The molecule has 3 aromatic rings. The number of para-hydroxylation sites is 1. The lowest BCUT2D eigenvalue weighted by Gasteiger charge is -1.98. The summed E-state index contributed by atoms with van der Waals surface area (Å²) in [5, 5.41) is 1.07. The molecule has 0 saturated heterocycles. The van der Waals surface area contributed by atoms with E-state index < -0.39 is 0 Å². The van der Waals surface area contributed by atoms with Crippen LogP contribution in [-0.2, 0) is 6.54 Å². The Morgan fingerprint density at radius 2 is 1.89 bits per heavy atom. The van der Waals surface area contributed by atoms with E-state index in [1.54, 1.807) is 11.3 Å². The first-order chi connectivity index (χ1) is 8.78. The van der Waals surface area contributed by atoms with Crippen molar-refractivity contribution in [3.8, 4) is 10.6 Å². The number of aryl methyl sites for hydroxylation is 1. The van der Waals surface area contributed by atoms with Gasteiger partial charge in [0.2, 0.25) is 0 Å². The number of benzene rings is 2. The predicted molar refractivity (Wildman–Crippen MR) is 77.7 cm³/mol. The summed E-state index contributed by atoms with van der Waals surface area (Å²) in [7, 11) is 0. The molecule has 0 unspecified atom stereocenters. The van der Waals surface area contributed by atoms with Crippen molar-refractivity contribution >= 4 is 21.6 Å². The van der Waals surface area contributed by atoms with Crippen molar-refractivity contribution < 1.29 is 0 Å². The van der Waals surface area contributed by atoms with E-state index in [0.717, 1.165) is 21.7 Å². The maximum atomic E-state index is 5.61. The molecule has 0 amide bonds. The fourth-order valence-electron chi connectivity index (χ4n) is 1.99. The Morgan fingerprint density at radius 3 is 2.56 bits per heavy atom. The van der Waals surface area contributed by atoms with Gasteiger partial charge in [-0.1, -0.05) is 36.4 Å². The van der Waals surface area contributed by atoms with Crippen LogP contribution in [0, 0.1) is 6.92 Å². The molecule has 0 saturated carbocycles. The molecular weight excluding hydrogens is 240 g/mol. The van der Waals surface area contributed by atoms with E-state index in [2.05, 4.69) is 49.4 Å². The standard InChI is InChI=1S/C15H14N2S/c1-10-3-2-4-13-14(10)17-15(18-13)12-7-5-11(9-16)6-8-12/h2-8H,9,16H2,1H3. The van der Waals surface area contributed by atoms with Crippen LogP contribution >= 0.6 is 11.3 Å². The van der Waals surface area contributed by atoms with E-state index in [1.165, 1.54) is 10.3 Å². The molecule has 0 radical (unpaired) electrons. The largest absolute Gasteiger partial charge is 0.326 e. The molecule has 0 fully saturated rings. The van der Waals surface area contributed by atoms with Gasteiger partial charge < -0.3 is 5.73 Å². The van der Waals surface area contributed by atoms with Crippen LogP contribution in [0.2, 0.25) is 0 Å². The number of nitrogens with two attached hydrogens (primary N) is 1. The topological polar surface area (TPSA) is 38.9 Å². The number of aromatic nitrogens is 1. The Labute approximate surface area is 110 Å². The molecule has 0 bridgehead atoms. The lowest BCUT2D eigenvalue weighted by molar-refractivity contribution is 1.07. The third kappa shape index (κ3) is 1.92. The van der Waals surface area contributed by atoms with E-state index in [1.807, 2.05) is 0 Å². The highest BCUT2D eigenvalue weighted by atomic mass is 32.1. The zero-order valence-corrected chi connectivity index (χ0v) is 11.0. The average molecular weight is 254 g/mol. The Morgan fingerprint density at radius 1 is 1.11 bits per heavy atom. The summed E-state index contributed by atoms with van der Waals surface area (Å²) < 4.78 is 1.24. The lowest BCUT2D eigenvalue weighted by Crippen LogP contribution is -1.95. The first kappa shape index (κ1) is 11.4. The van der Waals surface area contributed by atoms with E-state index in [9.17, 15) is 0 Å². The zero-order valence-electron chi connectivity index (χ0n) is 10.2. The molecule has 0 atom stereocenters. The van der Waals surface area contributed by atoms with Crippen LogP contribution in [0.25, 0.3) is 20.8 Å². The lowest BCUT2D eigenvalue weighted by atomic mass is 10.1. The van der Waals surface area contributed by atoms with Crippen molar-refractivity contribution in [3.63, 3.8) is 0 Å². The summed E-state index contributed by atoms with van der Waals surface area (Å²) in [6.07, 6.45) is 0. The Bertz CT molecular complexity index is 683. The van der Waals surface area contributed by atoms with Gasteiger partial charge in [-0.25, -0.2) is 4.98 Å². The molecule has 0 aliphatic carbocycles. The van der Waals surface area contributed by atoms with E-state index in [4.69, 9.17) is 10.7 Å². The normalized spacial score (nSPS) is 11.0. The first-order valence-corrected chi connectivity index (χ1v) is 6.75. The van der Waals surface area contributed by atoms with Crippen molar-refractivity contribution in [2.45, 2.75) is 13.5 Å². The highest BCUT2D eigenvalue weighted by Crippen LogP contribution is 2.31. The second-order valence-electron chi connectivity index (χ2n) is 4.34. The molecule has 1 aromatic heterocycles. The van der Waals surface area contributed by atoms with Crippen LogP contribution in [0.4, 0.5) is 0 Å². The molecule has 0 aliphatic rings. The Balaban J connectivity index is 2.10.